The van der Waals surface area contributed by atoms with E-state index < -0.39 is 0 Å². The smallest absolute Gasteiger partial charge is 0.0173 e. The van der Waals surface area contributed by atoms with Gasteiger partial charge in [-0.05, 0) is 24.3 Å². The van der Waals surface area contributed by atoms with Gasteiger partial charge in [0.25, 0.3) is 0 Å². The third kappa shape index (κ3) is 3.49. The van der Waals surface area contributed by atoms with Gasteiger partial charge in [-0.3, -0.25) is 0 Å². The molecule has 0 radical (unpaired) electrons. The Morgan fingerprint density at radius 1 is 1.31 bits per heavy atom. The van der Waals surface area contributed by atoms with Gasteiger partial charge >= 0.3 is 0 Å². The van der Waals surface area contributed by atoms with Crippen molar-refractivity contribution in [3.8, 4) is 0 Å². The quantitative estimate of drug-likeness (QED) is 0.793. The highest BCUT2D eigenvalue weighted by Crippen LogP contribution is 2.20. The maximum Gasteiger partial charge on any atom is 0.0173 e. The number of hydrogen-bond donors (Lipinski definition) is 1. The van der Waals surface area contributed by atoms with E-state index in [2.05, 4.69) is 55.6 Å². The van der Waals surface area contributed by atoms with Crippen LogP contribution in [0.4, 0.5) is 0 Å². The van der Waals surface area contributed by atoms with Crippen LogP contribution in [0, 0.1) is 5.92 Å². The summed E-state index contributed by atoms with van der Waals surface area (Å²) in [6.07, 6.45) is 5.04. The molecule has 1 saturated carbocycles. The lowest BCUT2D eigenvalue weighted by Crippen LogP contribution is -2.21. The van der Waals surface area contributed by atoms with Crippen molar-refractivity contribution in [3.63, 3.8) is 0 Å². The average molecular weight is 215 g/mol. The molecule has 0 heterocycles. The minimum atomic E-state index is 0.617. The topological polar surface area (TPSA) is 12.0 Å². The molecule has 0 aromatic heterocycles. The first-order valence-electron chi connectivity index (χ1n) is 6.24. The number of hydrogen-bond acceptors (Lipinski definition) is 1. The minimum Gasteiger partial charge on any atom is -0.310 e. The lowest BCUT2D eigenvalue weighted by atomic mass is 10.0. The van der Waals surface area contributed by atoms with E-state index in [1.807, 2.05) is 0 Å². The van der Waals surface area contributed by atoms with Crippen LogP contribution in [0.3, 0.4) is 0 Å². The zero-order valence-electron chi connectivity index (χ0n) is 10.2. The molecule has 1 heteroatoms. The lowest BCUT2D eigenvalue weighted by molar-refractivity contribution is 0.662. The molecular formula is C15H21N. The first-order valence-corrected chi connectivity index (χ1v) is 6.24. The van der Waals surface area contributed by atoms with Crippen LogP contribution in [-0.4, -0.2) is 12.6 Å². The maximum atomic E-state index is 3.59. The normalized spacial score (nSPS) is 16.8. The summed E-state index contributed by atoms with van der Waals surface area (Å²) in [7, 11) is 0. The van der Waals surface area contributed by atoms with E-state index in [0.29, 0.717) is 5.92 Å². The SMILES string of the molecule is CC(C)C(=Cc1ccccc1)CNC1CC1. The van der Waals surface area contributed by atoms with Crippen molar-refractivity contribution in [2.24, 2.45) is 5.92 Å². The van der Waals surface area contributed by atoms with Crippen molar-refractivity contribution in [1.29, 1.82) is 0 Å². The van der Waals surface area contributed by atoms with Gasteiger partial charge < -0.3 is 5.32 Å². The molecule has 1 fully saturated rings. The Morgan fingerprint density at radius 2 is 2.00 bits per heavy atom. The minimum absolute atomic E-state index is 0.617. The molecule has 1 aliphatic rings. The fourth-order valence-corrected chi connectivity index (χ4v) is 1.73. The zero-order chi connectivity index (χ0) is 11.4. The molecule has 0 spiro atoms. The standard InChI is InChI=1S/C15H21N/c1-12(2)14(11-16-15-8-9-15)10-13-6-4-3-5-7-13/h3-7,10,12,15-16H,8-9,11H2,1-2H3. The van der Waals surface area contributed by atoms with Gasteiger partial charge in [-0.15, -0.1) is 0 Å². The molecule has 0 aliphatic heterocycles. The third-order valence-electron chi connectivity index (χ3n) is 3.07. The van der Waals surface area contributed by atoms with E-state index in [-0.39, 0.29) is 0 Å². The summed E-state index contributed by atoms with van der Waals surface area (Å²) in [5.74, 6) is 0.617. The van der Waals surface area contributed by atoms with E-state index >= 15 is 0 Å². The maximum absolute atomic E-state index is 3.59. The second-order valence-corrected chi connectivity index (χ2v) is 4.94. The average Bonchev–Trinajstić information content (AvgIpc) is 3.09. The Bertz CT molecular complexity index is 347. The Hall–Kier alpha value is -1.08. The van der Waals surface area contributed by atoms with Crippen LogP contribution in [0.25, 0.3) is 6.08 Å². The largest absolute Gasteiger partial charge is 0.310 e. The fraction of sp³-hybridized carbons (Fsp3) is 0.467. The Morgan fingerprint density at radius 3 is 2.56 bits per heavy atom. The predicted octanol–water partition coefficient (Wildman–Crippen LogP) is 3.48. The van der Waals surface area contributed by atoms with Gasteiger partial charge in [0.15, 0.2) is 0 Å². The van der Waals surface area contributed by atoms with Crippen LogP contribution in [0.5, 0.6) is 0 Å². The van der Waals surface area contributed by atoms with Crippen molar-refractivity contribution in [3.05, 3.63) is 41.5 Å². The molecule has 86 valence electrons. The van der Waals surface area contributed by atoms with Crippen LogP contribution in [0.1, 0.15) is 32.3 Å². The van der Waals surface area contributed by atoms with Gasteiger partial charge in [-0.25, -0.2) is 0 Å². The first-order chi connectivity index (χ1) is 7.75. The molecule has 1 N–H and O–H groups in total. The highest BCUT2D eigenvalue weighted by atomic mass is 14.9. The number of benzene rings is 1. The van der Waals surface area contributed by atoms with E-state index in [1.165, 1.54) is 24.0 Å². The summed E-state index contributed by atoms with van der Waals surface area (Å²) in [5.41, 5.74) is 2.81. The fourth-order valence-electron chi connectivity index (χ4n) is 1.73. The molecule has 1 nitrogen and oxygen atoms in total. The Kier molecular flexibility index (Phi) is 3.79. The van der Waals surface area contributed by atoms with Crippen molar-refractivity contribution < 1.29 is 0 Å². The molecule has 16 heavy (non-hydrogen) atoms. The molecule has 2 rings (SSSR count). The predicted molar refractivity (Wildman–Crippen MR) is 70.3 cm³/mol. The van der Waals surface area contributed by atoms with Gasteiger partial charge in [-0.2, -0.15) is 0 Å². The van der Waals surface area contributed by atoms with Crippen LogP contribution < -0.4 is 5.32 Å². The number of rotatable bonds is 5. The van der Waals surface area contributed by atoms with Crippen LogP contribution >= 0.6 is 0 Å². The molecule has 1 aromatic carbocycles. The highest BCUT2D eigenvalue weighted by molar-refractivity contribution is 5.53. The molecular weight excluding hydrogens is 194 g/mol. The summed E-state index contributed by atoms with van der Waals surface area (Å²) < 4.78 is 0. The molecule has 0 unspecified atom stereocenters. The summed E-state index contributed by atoms with van der Waals surface area (Å²) in [5, 5.41) is 3.59. The zero-order valence-corrected chi connectivity index (χ0v) is 10.2. The van der Waals surface area contributed by atoms with Crippen molar-refractivity contribution in [2.75, 3.05) is 6.54 Å². The van der Waals surface area contributed by atoms with Crippen molar-refractivity contribution >= 4 is 6.08 Å². The monoisotopic (exact) mass is 215 g/mol. The Balaban J connectivity index is 2.02. The van der Waals surface area contributed by atoms with Crippen molar-refractivity contribution in [2.45, 2.75) is 32.7 Å². The van der Waals surface area contributed by atoms with Gasteiger partial charge in [0.1, 0.15) is 0 Å². The van der Waals surface area contributed by atoms with Crippen molar-refractivity contribution in [1.82, 2.24) is 5.32 Å². The summed E-state index contributed by atoms with van der Waals surface area (Å²) in [6.45, 7) is 5.57. The first kappa shape index (κ1) is 11.4. The van der Waals surface area contributed by atoms with E-state index in [4.69, 9.17) is 0 Å². The summed E-state index contributed by atoms with van der Waals surface area (Å²) >= 11 is 0. The van der Waals surface area contributed by atoms with Crippen LogP contribution in [0.2, 0.25) is 0 Å². The van der Waals surface area contributed by atoms with Crippen LogP contribution in [0.15, 0.2) is 35.9 Å². The molecule has 0 bridgehead atoms. The van der Waals surface area contributed by atoms with Gasteiger partial charge in [0.05, 0.1) is 0 Å². The lowest BCUT2D eigenvalue weighted by Gasteiger charge is -2.12. The summed E-state index contributed by atoms with van der Waals surface area (Å²) in [6, 6.07) is 11.4. The Labute approximate surface area is 98.6 Å². The van der Waals surface area contributed by atoms with E-state index in [0.717, 1.165) is 12.6 Å². The molecule has 0 saturated heterocycles. The molecule has 0 amide bonds. The third-order valence-corrected chi connectivity index (χ3v) is 3.07. The van der Waals surface area contributed by atoms with Crippen LogP contribution in [-0.2, 0) is 0 Å². The van der Waals surface area contributed by atoms with E-state index in [1.54, 1.807) is 0 Å². The second-order valence-electron chi connectivity index (χ2n) is 4.94. The van der Waals surface area contributed by atoms with Gasteiger partial charge in [-0.1, -0.05) is 55.8 Å². The highest BCUT2D eigenvalue weighted by Gasteiger charge is 2.20. The number of nitrogens with one attached hydrogen (secondary N) is 1. The van der Waals surface area contributed by atoms with E-state index in [9.17, 15) is 0 Å². The molecule has 1 aliphatic carbocycles. The second kappa shape index (κ2) is 5.31. The molecule has 1 aromatic rings. The van der Waals surface area contributed by atoms with Gasteiger partial charge in [0, 0.05) is 12.6 Å². The van der Waals surface area contributed by atoms with Gasteiger partial charge in [0.2, 0.25) is 0 Å². The molecule has 0 atom stereocenters. The summed E-state index contributed by atoms with van der Waals surface area (Å²) in [4.78, 5) is 0.